The number of benzene rings is 3. The monoisotopic (exact) mass is 440 g/mol. The number of aromatic nitrogens is 2. The number of hydrogen-bond acceptors (Lipinski definition) is 3. The summed E-state index contributed by atoms with van der Waals surface area (Å²) in [7, 11) is 0. The number of fused-ring (bicyclic) bond motifs is 10. The van der Waals surface area contributed by atoms with Crippen LogP contribution in [0.5, 0.6) is 0 Å². The highest BCUT2D eigenvalue weighted by molar-refractivity contribution is 6.30. The fraction of sp³-hybridized carbons (Fsp3) is 0.296. The van der Waals surface area contributed by atoms with E-state index >= 15 is 0 Å². The number of H-pyrrole nitrogens is 1. The molecular weight excluding hydrogens is 412 g/mol. The van der Waals surface area contributed by atoms with Gasteiger partial charge in [-0.15, -0.1) is 0 Å². The Morgan fingerprint density at radius 2 is 1.76 bits per heavy atom. The molecule has 1 aliphatic heterocycles. The number of para-hydroxylation sites is 2. The molecule has 3 heterocycles. The predicted octanol–water partition coefficient (Wildman–Crippen LogP) is 4.38. The second kappa shape index (κ2) is 7.61. The number of hydrogen-bond donors (Lipinski definition) is 3. The third-order valence-corrected chi connectivity index (χ3v) is 7.18. The summed E-state index contributed by atoms with van der Waals surface area (Å²) in [6.45, 7) is 7.71. The van der Waals surface area contributed by atoms with Crippen LogP contribution in [0, 0.1) is 0 Å². The minimum absolute atomic E-state index is 0.0138. The van der Waals surface area contributed by atoms with Gasteiger partial charge in [0.2, 0.25) is 0 Å². The SMILES string of the molecule is CCN(CC)CC(O)Cn1c2ccccc2c2c3c(c4c5ccccc5[nH]c4c21)C(=O)NC3. The van der Waals surface area contributed by atoms with Gasteiger partial charge in [0.05, 0.1) is 29.2 Å². The molecule has 0 bridgehead atoms. The molecule has 6 rings (SSSR count). The van der Waals surface area contributed by atoms with E-state index in [0.717, 1.165) is 67.8 Å². The van der Waals surface area contributed by atoms with Crippen molar-refractivity contribution in [2.45, 2.75) is 33.0 Å². The van der Waals surface area contributed by atoms with Crippen molar-refractivity contribution in [2.24, 2.45) is 0 Å². The maximum Gasteiger partial charge on any atom is 0.252 e. The largest absolute Gasteiger partial charge is 0.390 e. The average molecular weight is 441 g/mol. The second-order valence-corrected chi connectivity index (χ2v) is 8.95. The first-order valence-electron chi connectivity index (χ1n) is 11.8. The van der Waals surface area contributed by atoms with Crippen LogP contribution in [0.1, 0.15) is 29.8 Å². The number of likely N-dealkylation sites (N-methyl/N-ethyl adjacent to an activating group) is 1. The second-order valence-electron chi connectivity index (χ2n) is 8.95. The van der Waals surface area contributed by atoms with Gasteiger partial charge in [0.15, 0.2) is 0 Å². The topological polar surface area (TPSA) is 73.3 Å². The zero-order chi connectivity index (χ0) is 22.7. The lowest BCUT2D eigenvalue weighted by Crippen LogP contribution is -2.34. The van der Waals surface area contributed by atoms with E-state index in [4.69, 9.17) is 0 Å². The molecule has 0 saturated carbocycles. The number of amides is 1. The number of carbonyl (C=O) groups excluding carboxylic acids is 1. The normalized spacial score (nSPS) is 14.7. The molecule has 3 N–H and O–H groups in total. The highest BCUT2D eigenvalue weighted by Gasteiger charge is 2.30. The van der Waals surface area contributed by atoms with E-state index in [1.807, 2.05) is 24.3 Å². The van der Waals surface area contributed by atoms with Gasteiger partial charge in [-0.2, -0.15) is 0 Å². The van der Waals surface area contributed by atoms with Gasteiger partial charge in [-0.05, 0) is 30.8 Å². The maximum atomic E-state index is 13.0. The summed E-state index contributed by atoms with van der Waals surface area (Å²) in [4.78, 5) is 18.9. The molecule has 1 atom stereocenters. The Kier molecular flexibility index (Phi) is 4.67. The molecular formula is C27H28N4O2. The summed E-state index contributed by atoms with van der Waals surface area (Å²) in [6, 6.07) is 16.5. The van der Waals surface area contributed by atoms with Crippen LogP contribution in [-0.2, 0) is 13.1 Å². The van der Waals surface area contributed by atoms with Gasteiger partial charge in [-0.1, -0.05) is 50.2 Å². The molecule has 0 aliphatic carbocycles. The Morgan fingerprint density at radius 1 is 1.03 bits per heavy atom. The van der Waals surface area contributed by atoms with Crippen LogP contribution < -0.4 is 5.32 Å². The maximum absolute atomic E-state index is 13.0. The average Bonchev–Trinajstić information content (AvgIpc) is 3.49. The Bertz CT molecular complexity index is 1540. The van der Waals surface area contributed by atoms with Gasteiger partial charge in [-0.3, -0.25) is 4.79 Å². The van der Waals surface area contributed by atoms with Crippen molar-refractivity contribution in [1.29, 1.82) is 0 Å². The summed E-state index contributed by atoms with van der Waals surface area (Å²) in [5.41, 5.74) is 5.97. The lowest BCUT2D eigenvalue weighted by atomic mass is 9.97. The molecule has 33 heavy (non-hydrogen) atoms. The number of aliphatic hydroxyl groups excluding tert-OH is 1. The molecule has 2 aromatic heterocycles. The minimum Gasteiger partial charge on any atom is -0.390 e. The fourth-order valence-corrected chi connectivity index (χ4v) is 5.65. The molecule has 6 nitrogen and oxygen atoms in total. The lowest BCUT2D eigenvalue weighted by molar-refractivity contribution is 0.0967. The summed E-state index contributed by atoms with van der Waals surface area (Å²) in [6.07, 6.45) is -0.503. The quantitative estimate of drug-likeness (QED) is 0.367. The summed E-state index contributed by atoms with van der Waals surface area (Å²) in [5, 5.41) is 18.4. The van der Waals surface area contributed by atoms with Gasteiger partial charge >= 0.3 is 0 Å². The van der Waals surface area contributed by atoms with Crippen LogP contribution >= 0.6 is 0 Å². The molecule has 6 heteroatoms. The molecule has 1 unspecified atom stereocenters. The Balaban J connectivity index is 1.71. The van der Waals surface area contributed by atoms with E-state index in [0.29, 0.717) is 19.6 Å². The predicted molar refractivity (Wildman–Crippen MR) is 134 cm³/mol. The number of aromatic amines is 1. The van der Waals surface area contributed by atoms with E-state index in [1.54, 1.807) is 0 Å². The van der Waals surface area contributed by atoms with Crippen LogP contribution in [0.4, 0.5) is 0 Å². The lowest BCUT2D eigenvalue weighted by Gasteiger charge is -2.23. The fourth-order valence-electron chi connectivity index (χ4n) is 5.65. The number of nitrogens with one attached hydrogen (secondary N) is 2. The zero-order valence-electron chi connectivity index (χ0n) is 19.0. The first-order valence-corrected chi connectivity index (χ1v) is 11.8. The van der Waals surface area contributed by atoms with Crippen molar-refractivity contribution in [3.05, 3.63) is 59.7 Å². The van der Waals surface area contributed by atoms with E-state index in [1.165, 1.54) is 0 Å². The standard InChI is InChI=1S/C27H28N4O2/c1-3-30(4-2)14-16(32)15-31-21-12-8-6-10-18(21)22-19-13-28-27(33)24(19)23-17-9-5-7-11-20(17)29-25(23)26(22)31/h5-12,16,29,32H,3-4,13-15H2,1-2H3,(H,28,33). The summed E-state index contributed by atoms with van der Waals surface area (Å²) >= 11 is 0. The first kappa shape index (κ1) is 20.3. The number of rotatable bonds is 6. The molecule has 1 amide bonds. The van der Waals surface area contributed by atoms with Crippen molar-refractivity contribution in [3.8, 4) is 0 Å². The molecule has 0 spiro atoms. The van der Waals surface area contributed by atoms with Gasteiger partial charge in [0, 0.05) is 45.7 Å². The van der Waals surface area contributed by atoms with Crippen LogP contribution in [0.25, 0.3) is 43.6 Å². The highest BCUT2D eigenvalue weighted by atomic mass is 16.3. The first-order chi connectivity index (χ1) is 16.1. The van der Waals surface area contributed by atoms with Crippen molar-refractivity contribution < 1.29 is 9.90 Å². The van der Waals surface area contributed by atoms with Gasteiger partial charge < -0.3 is 24.9 Å². The molecule has 0 saturated heterocycles. The van der Waals surface area contributed by atoms with Gasteiger partial charge in [0.25, 0.3) is 5.91 Å². The number of carbonyl (C=O) groups is 1. The van der Waals surface area contributed by atoms with E-state index in [9.17, 15) is 9.90 Å². The van der Waals surface area contributed by atoms with E-state index in [2.05, 4.69) is 57.9 Å². The van der Waals surface area contributed by atoms with Gasteiger partial charge in [0.1, 0.15) is 0 Å². The van der Waals surface area contributed by atoms with Crippen molar-refractivity contribution in [3.63, 3.8) is 0 Å². The van der Waals surface area contributed by atoms with Gasteiger partial charge in [-0.25, -0.2) is 0 Å². The Morgan fingerprint density at radius 3 is 2.55 bits per heavy atom. The number of aliphatic hydroxyl groups is 1. The van der Waals surface area contributed by atoms with Crippen molar-refractivity contribution >= 4 is 49.5 Å². The smallest absolute Gasteiger partial charge is 0.252 e. The van der Waals surface area contributed by atoms with Crippen LogP contribution in [0.2, 0.25) is 0 Å². The van der Waals surface area contributed by atoms with Crippen LogP contribution in [-0.4, -0.2) is 51.2 Å². The van der Waals surface area contributed by atoms with Crippen LogP contribution in [0.3, 0.4) is 0 Å². The molecule has 1 aliphatic rings. The van der Waals surface area contributed by atoms with Crippen molar-refractivity contribution in [2.75, 3.05) is 19.6 Å². The molecule has 3 aromatic carbocycles. The Hall–Kier alpha value is -3.35. The number of nitrogens with zero attached hydrogens (tertiary/aromatic N) is 2. The van der Waals surface area contributed by atoms with E-state index in [-0.39, 0.29) is 5.91 Å². The Labute approximate surface area is 191 Å². The summed E-state index contributed by atoms with van der Waals surface area (Å²) < 4.78 is 2.25. The molecule has 0 radical (unpaired) electrons. The minimum atomic E-state index is -0.503. The van der Waals surface area contributed by atoms with Crippen molar-refractivity contribution in [1.82, 2.24) is 19.8 Å². The highest BCUT2D eigenvalue weighted by Crippen LogP contribution is 2.43. The zero-order valence-corrected chi connectivity index (χ0v) is 19.0. The molecule has 168 valence electrons. The van der Waals surface area contributed by atoms with E-state index < -0.39 is 6.10 Å². The van der Waals surface area contributed by atoms with Crippen LogP contribution in [0.15, 0.2) is 48.5 Å². The molecule has 0 fully saturated rings. The summed E-state index contributed by atoms with van der Waals surface area (Å²) in [5.74, 6) is -0.0138. The molecule has 5 aromatic rings. The third kappa shape index (κ3) is 2.91. The third-order valence-electron chi connectivity index (χ3n) is 7.18.